The summed E-state index contributed by atoms with van der Waals surface area (Å²) in [6, 6.07) is 3.40. The van der Waals surface area contributed by atoms with E-state index in [-0.39, 0.29) is 11.9 Å². The maximum absolute atomic E-state index is 14.1. The molecule has 1 atom stereocenters. The summed E-state index contributed by atoms with van der Waals surface area (Å²) in [5, 5.41) is 3.23. The molecule has 88 valence electrons. The molecule has 1 fully saturated rings. The van der Waals surface area contributed by atoms with E-state index in [4.69, 9.17) is 9.47 Å². The van der Waals surface area contributed by atoms with Crippen LogP contribution in [0.4, 0.5) is 4.39 Å². The second-order valence-corrected chi connectivity index (χ2v) is 3.89. The number of rotatable bonds is 2. The lowest BCUT2D eigenvalue weighted by molar-refractivity contribution is 0.0748. The van der Waals surface area contributed by atoms with Crippen LogP contribution in [-0.4, -0.2) is 26.9 Å². The first-order valence-corrected chi connectivity index (χ1v) is 5.38. The maximum atomic E-state index is 14.1. The van der Waals surface area contributed by atoms with Crippen LogP contribution >= 0.6 is 0 Å². The van der Waals surface area contributed by atoms with Crippen LogP contribution in [0.15, 0.2) is 12.1 Å². The van der Waals surface area contributed by atoms with Crippen LogP contribution < -0.4 is 10.1 Å². The van der Waals surface area contributed by atoms with Crippen molar-refractivity contribution in [1.82, 2.24) is 5.32 Å². The zero-order valence-corrected chi connectivity index (χ0v) is 9.55. The molecule has 1 aliphatic rings. The highest BCUT2D eigenvalue weighted by atomic mass is 19.1. The molecule has 0 radical (unpaired) electrons. The molecular weight excluding hydrogens is 209 g/mol. The van der Waals surface area contributed by atoms with E-state index in [1.807, 2.05) is 0 Å². The Morgan fingerprint density at radius 2 is 2.31 bits per heavy atom. The van der Waals surface area contributed by atoms with E-state index in [2.05, 4.69) is 5.32 Å². The minimum absolute atomic E-state index is 0.122. The van der Waals surface area contributed by atoms with Gasteiger partial charge < -0.3 is 14.8 Å². The maximum Gasteiger partial charge on any atom is 0.134 e. The Hall–Kier alpha value is -1.13. The van der Waals surface area contributed by atoms with Crippen LogP contribution in [0.3, 0.4) is 0 Å². The van der Waals surface area contributed by atoms with Crippen molar-refractivity contribution in [3.8, 4) is 5.75 Å². The third-order valence-electron chi connectivity index (χ3n) is 2.82. The number of hydrogen-bond donors (Lipinski definition) is 1. The number of ether oxygens (including phenoxy) is 2. The van der Waals surface area contributed by atoms with Gasteiger partial charge in [0.25, 0.3) is 0 Å². The second kappa shape index (κ2) is 4.80. The lowest BCUT2D eigenvalue weighted by atomic mass is 10.0. The summed E-state index contributed by atoms with van der Waals surface area (Å²) >= 11 is 0. The average molecular weight is 225 g/mol. The Morgan fingerprint density at radius 1 is 1.50 bits per heavy atom. The zero-order chi connectivity index (χ0) is 11.5. The molecule has 2 rings (SSSR count). The Labute approximate surface area is 94.6 Å². The Balaban J connectivity index is 2.39. The van der Waals surface area contributed by atoms with Gasteiger partial charge in [0.1, 0.15) is 11.6 Å². The molecule has 16 heavy (non-hydrogen) atoms. The Kier molecular flexibility index (Phi) is 3.41. The molecule has 1 aromatic rings. The van der Waals surface area contributed by atoms with Crippen molar-refractivity contribution in [2.45, 2.75) is 13.0 Å². The van der Waals surface area contributed by atoms with Crippen LogP contribution in [-0.2, 0) is 4.74 Å². The van der Waals surface area contributed by atoms with Gasteiger partial charge in [-0.1, -0.05) is 6.07 Å². The van der Waals surface area contributed by atoms with E-state index in [1.54, 1.807) is 26.2 Å². The van der Waals surface area contributed by atoms with E-state index in [9.17, 15) is 4.39 Å². The highest BCUT2D eigenvalue weighted by Gasteiger charge is 2.23. The highest BCUT2D eigenvalue weighted by molar-refractivity contribution is 5.41. The number of halogens is 1. The molecule has 0 aromatic heterocycles. The normalized spacial score (nSPS) is 20.8. The first kappa shape index (κ1) is 11.4. The Bertz CT molecular complexity index is 376. The SMILES string of the molecule is COc1ccc(C)c(F)c1C1COCCN1. The average Bonchev–Trinajstić information content (AvgIpc) is 2.33. The van der Waals surface area contributed by atoms with Crippen molar-refractivity contribution in [3.63, 3.8) is 0 Å². The first-order chi connectivity index (χ1) is 7.74. The number of benzene rings is 1. The molecule has 1 aromatic carbocycles. The van der Waals surface area contributed by atoms with Gasteiger partial charge in [0.2, 0.25) is 0 Å². The van der Waals surface area contributed by atoms with Crippen LogP contribution in [0.25, 0.3) is 0 Å². The van der Waals surface area contributed by atoms with Crippen LogP contribution in [0.2, 0.25) is 0 Å². The van der Waals surface area contributed by atoms with E-state index < -0.39 is 0 Å². The molecule has 0 saturated carbocycles. The fraction of sp³-hybridized carbons (Fsp3) is 0.500. The minimum Gasteiger partial charge on any atom is -0.496 e. The van der Waals surface area contributed by atoms with Crippen molar-refractivity contribution < 1.29 is 13.9 Å². The molecule has 4 heteroatoms. The van der Waals surface area contributed by atoms with Gasteiger partial charge in [0.15, 0.2) is 0 Å². The van der Waals surface area contributed by atoms with Crippen molar-refractivity contribution in [2.75, 3.05) is 26.9 Å². The molecule has 1 N–H and O–H groups in total. The number of hydrogen-bond acceptors (Lipinski definition) is 3. The van der Waals surface area contributed by atoms with Crippen molar-refractivity contribution in [2.24, 2.45) is 0 Å². The molecular formula is C12H16FNO2. The van der Waals surface area contributed by atoms with E-state index in [0.29, 0.717) is 30.1 Å². The number of aryl methyl sites for hydroxylation is 1. The van der Waals surface area contributed by atoms with Crippen molar-refractivity contribution in [1.29, 1.82) is 0 Å². The van der Waals surface area contributed by atoms with Gasteiger partial charge in [-0.25, -0.2) is 4.39 Å². The third-order valence-corrected chi connectivity index (χ3v) is 2.82. The fourth-order valence-electron chi connectivity index (χ4n) is 1.94. The first-order valence-electron chi connectivity index (χ1n) is 5.38. The molecule has 1 unspecified atom stereocenters. The summed E-state index contributed by atoms with van der Waals surface area (Å²) in [4.78, 5) is 0. The summed E-state index contributed by atoms with van der Waals surface area (Å²) in [5.74, 6) is 0.369. The van der Waals surface area contributed by atoms with Gasteiger partial charge in [-0.3, -0.25) is 0 Å². The predicted molar refractivity (Wildman–Crippen MR) is 59.3 cm³/mol. The van der Waals surface area contributed by atoms with Gasteiger partial charge in [-0.05, 0) is 18.6 Å². The molecule has 1 heterocycles. The second-order valence-electron chi connectivity index (χ2n) is 3.89. The number of methoxy groups -OCH3 is 1. The molecule has 1 aliphatic heterocycles. The van der Waals surface area contributed by atoms with Gasteiger partial charge >= 0.3 is 0 Å². The quantitative estimate of drug-likeness (QED) is 0.832. The van der Waals surface area contributed by atoms with E-state index >= 15 is 0 Å². The van der Waals surface area contributed by atoms with Crippen molar-refractivity contribution >= 4 is 0 Å². The molecule has 0 bridgehead atoms. The molecule has 0 amide bonds. The highest BCUT2D eigenvalue weighted by Crippen LogP contribution is 2.30. The topological polar surface area (TPSA) is 30.5 Å². The summed E-state index contributed by atoms with van der Waals surface area (Å²) in [6.45, 7) is 3.64. The van der Waals surface area contributed by atoms with Crippen LogP contribution in [0.5, 0.6) is 5.75 Å². The number of nitrogens with one attached hydrogen (secondary N) is 1. The van der Waals surface area contributed by atoms with Crippen molar-refractivity contribution in [3.05, 3.63) is 29.1 Å². The molecule has 0 aliphatic carbocycles. The van der Waals surface area contributed by atoms with Gasteiger partial charge in [-0.15, -0.1) is 0 Å². The smallest absolute Gasteiger partial charge is 0.134 e. The standard InChI is InChI=1S/C12H16FNO2/c1-8-3-4-10(15-2)11(12(8)13)9-7-16-6-5-14-9/h3-4,9,14H,5-7H2,1-2H3. The summed E-state index contributed by atoms with van der Waals surface area (Å²) < 4.78 is 24.6. The lowest BCUT2D eigenvalue weighted by Gasteiger charge is -2.26. The lowest BCUT2D eigenvalue weighted by Crippen LogP contribution is -2.35. The monoisotopic (exact) mass is 225 g/mol. The van der Waals surface area contributed by atoms with E-state index in [0.717, 1.165) is 6.54 Å². The summed E-state index contributed by atoms with van der Waals surface area (Å²) in [5.41, 5.74) is 1.20. The predicted octanol–water partition coefficient (Wildman–Crippen LogP) is 1.80. The fourth-order valence-corrected chi connectivity index (χ4v) is 1.94. The summed E-state index contributed by atoms with van der Waals surface area (Å²) in [6.07, 6.45) is 0. The van der Waals surface area contributed by atoms with Crippen LogP contribution in [0, 0.1) is 12.7 Å². The van der Waals surface area contributed by atoms with Gasteiger partial charge in [0.05, 0.1) is 26.4 Å². The summed E-state index contributed by atoms with van der Waals surface area (Å²) in [7, 11) is 1.55. The number of morpholine rings is 1. The van der Waals surface area contributed by atoms with Gasteiger partial charge in [0, 0.05) is 12.1 Å². The zero-order valence-electron chi connectivity index (χ0n) is 9.55. The third kappa shape index (κ3) is 2.03. The van der Waals surface area contributed by atoms with Gasteiger partial charge in [-0.2, -0.15) is 0 Å². The Morgan fingerprint density at radius 3 is 2.94 bits per heavy atom. The minimum atomic E-state index is -0.206. The van der Waals surface area contributed by atoms with E-state index in [1.165, 1.54) is 0 Å². The molecule has 3 nitrogen and oxygen atoms in total. The van der Waals surface area contributed by atoms with Crippen LogP contribution in [0.1, 0.15) is 17.2 Å². The largest absolute Gasteiger partial charge is 0.496 e. The molecule has 0 spiro atoms. The molecule has 1 saturated heterocycles.